The number of amides is 1. The van der Waals surface area contributed by atoms with Gasteiger partial charge < -0.3 is 15.0 Å². The lowest BCUT2D eigenvalue weighted by Gasteiger charge is -2.18. The number of halogens is 1. The van der Waals surface area contributed by atoms with Gasteiger partial charge in [0.05, 0.1) is 19.2 Å². The van der Waals surface area contributed by atoms with E-state index >= 15 is 0 Å². The lowest BCUT2D eigenvalue weighted by Crippen LogP contribution is -2.39. The molecule has 1 saturated heterocycles. The van der Waals surface area contributed by atoms with Gasteiger partial charge >= 0.3 is 5.97 Å². The maximum atomic E-state index is 14.3. The van der Waals surface area contributed by atoms with Crippen LogP contribution in [-0.2, 0) is 9.53 Å². The molecular formula is C13H16FN3O3. The van der Waals surface area contributed by atoms with Crippen LogP contribution < -0.4 is 5.32 Å². The van der Waals surface area contributed by atoms with E-state index in [1.54, 1.807) is 19.2 Å². The number of esters is 1. The summed E-state index contributed by atoms with van der Waals surface area (Å²) in [6.07, 6.45) is 1.37. The SMILES string of the molecule is CNc1ccc(C(=O)N2CCC(F)(C(=O)OC)C2)cn1. The van der Waals surface area contributed by atoms with Crippen LogP contribution in [0, 0.1) is 0 Å². The number of nitrogens with zero attached hydrogens (tertiary/aromatic N) is 2. The Balaban J connectivity index is 2.09. The summed E-state index contributed by atoms with van der Waals surface area (Å²) in [7, 11) is 2.85. The summed E-state index contributed by atoms with van der Waals surface area (Å²) in [5.74, 6) is -0.641. The molecule has 1 unspecified atom stereocenters. The molecule has 1 aromatic rings. The number of nitrogens with one attached hydrogen (secondary N) is 1. The minimum absolute atomic E-state index is 0.0482. The first-order valence-corrected chi connectivity index (χ1v) is 6.20. The molecule has 0 aliphatic carbocycles. The van der Waals surface area contributed by atoms with Crippen molar-refractivity contribution in [2.24, 2.45) is 0 Å². The number of hydrogen-bond donors (Lipinski definition) is 1. The van der Waals surface area contributed by atoms with E-state index in [2.05, 4.69) is 15.0 Å². The average Bonchev–Trinajstić information content (AvgIpc) is 2.89. The number of aromatic nitrogens is 1. The number of anilines is 1. The highest BCUT2D eigenvalue weighted by molar-refractivity contribution is 5.95. The van der Waals surface area contributed by atoms with Crippen LogP contribution in [0.2, 0.25) is 0 Å². The highest BCUT2D eigenvalue weighted by Crippen LogP contribution is 2.28. The Morgan fingerprint density at radius 1 is 1.50 bits per heavy atom. The fourth-order valence-corrected chi connectivity index (χ4v) is 2.15. The van der Waals surface area contributed by atoms with Crippen molar-refractivity contribution < 1.29 is 18.7 Å². The molecule has 1 N–H and O–H groups in total. The normalized spacial score (nSPS) is 21.6. The summed E-state index contributed by atoms with van der Waals surface area (Å²) in [5.41, 5.74) is -1.75. The van der Waals surface area contributed by atoms with Crippen molar-refractivity contribution in [1.29, 1.82) is 0 Å². The smallest absolute Gasteiger partial charge is 0.345 e. The van der Waals surface area contributed by atoms with E-state index in [1.165, 1.54) is 11.1 Å². The third-order valence-corrected chi connectivity index (χ3v) is 3.32. The molecule has 1 aliphatic heterocycles. The zero-order valence-electron chi connectivity index (χ0n) is 11.4. The number of methoxy groups -OCH3 is 1. The van der Waals surface area contributed by atoms with E-state index in [9.17, 15) is 14.0 Å². The average molecular weight is 281 g/mol. The van der Waals surface area contributed by atoms with Crippen molar-refractivity contribution in [3.63, 3.8) is 0 Å². The highest BCUT2D eigenvalue weighted by Gasteiger charge is 2.47. The fourth-order valence-electron chi connectivity index (χ4n) is 2.15. The minimum Gasteiger partial charge on any atom is -0.467 e. The van der Waals surface area contributed by atoms with Gasteiger partial charge in [0.15, 0.2) is 0 Å². The molecule has 20 heavy (non-hydrogen) atoms. The summed E-state index contributed by atoms with van der Waals surface area (Å²) in [6, 6.07) is 3.27. The number of carbonyl (C=O) groups excluding carboxylic acids is 2. The third-order valence-electron chi connectivity index (χ3n) is 3.32. The van der Waals surface area contributed by atoms with Crippen LogP contribution in [0.4, 0.5) is 10.2 Å². The number of alkyl halides is 1. The minimum atomic E-state index is -2.11. The van der Waals surface area contributed by atoms with Gasteiger partial charge in [-0.25, -0.2) is 14.2 Å². The Morgan fingerprint density at radius 3 is 2.80 bits per heavy atom. The molecule has 0 saturated carbocycles. The van der Waals surface area contributed by atoms with Gasteiger partial charge in [-0.05, 0) is 12.1 Å². The molecule has 1 atom stereocenters. The van der Waals surface area contributed by atoms with Crippen LogP contribution in [0.1, 0.15) is 16.8 Å². The first-order valence-electron chi connectivity index (χ1n) is 6.20. The van der Waals surface area contributed by atoms with E-state index in [4.69, 9.17) is 0 Å². The molecule has 1 fully saturated rings. The molecule has 2 heterocycles. The quantitative estimate of drug-likeness (QED) is 0.832. The molecule has 1 aliphatic rings. The van der Waals surface area contributed by atoms with Crippen molar-refractivity contribution in [1.82, 2.24) is 9.88 Å². The van der Waals surface area contributed by atoms with Crippen LogP contribution >= 0.6 is 0 Å². The molecule has 2 rings (SSSR count). The van der Waals surface area contributed by atoms with E-state index in [1.807, 2.05) is 0 Å². The Labute approximate surface area is 115 Å². The van der Waals surface area contributed by atoms with Crippen molar-refractivity contribution in [3.8, 4) is 0 Å². The monoisotopic (exact) mass is 281 g/mol. The maximum Gasteiger partial charge on any atom is 0.345 e. The number of hydrogen-bond acceptors (Lipinski definition) is 5. The predicted octanol–water partition coefficient (Wildman–Crippen LogP) is 0.851. The Kier molecular flexibility index (Phi) is 3.87. The number of likely N-dealkylation sites (tertiary alicyclic amines) is 1. The molecule has 0 bridgehead atoms. The largest absolute Gasteiger partial charge is 0.467 e. The second kappa shape index (κ2) is 5.44. The Hall–Kier alpha value is -2.18. The number of rotatable bonds is 3. The molecular weight excluding hydrogens is 265 g/mol. The van der Waals surface area contributed by atoms with Crippen LogP contribution in [0.15, 0.2) is 18.3 Å². The summed E-state index contributed by atoms with van der Waals surface area (Å²) in [5, 5.41) is 2.84. The van der Waals surface area contributed by atoms with Gasteiger partial charge in [-0.15, -0.1) is 0 Å². The van der Waals surface area contributed by atoms with Crippen molar-refractivity contribution in [2.75, 3.05) is 32.6 Å². The van der Waals surface area contributed by atoms with Gasteiger partial charge in [-0.1, -0.05) is 0 Å². The van der Waals surface area contributed by atoms with Gasteiger partial charge in [0.2, 0.25) is 5.67 Å². The van der Waals surface area contributed by atoms with Crippen molar-refractivity contribution in [3.05, 3.63) is 23.9 Å². The first kappa shape index (κ1) is 14.2. The third kappa shape index (κ3) is 2.56. The summed E-state index contributed by atoms with van der Waals surface area (Å²) in [6.45, 7) is -0.107. The van der Waals surface area contributed by atoms with Crippen LogP contribution in [0.3, 0.4) is 0 Å². The van der Waals surface area contributed by atoms with E-state index in [0.29, 0.717) is 11.4 Å². The van der Waals surface area contributed by atoms with Crippen LogP contribution in [0.5, 0.6) is 0 Å². The second-order valence-electron chi connectivity index (χ2n) is 4.62. The van der Waals surface area contributed by atoms with Gasteiger partial charge in [0.1, 0.15) is 5.82 Å². The number of ether oxygens (including phenoxy) is 1. The standard InChI is InChI=1S/C13H16FN3O3/c1-15-10-4-3-9(7-16-10)11(18)17-6-5-13(14,8-17)12(19)20-2/h3-4,7H,5-6,8H2,1-2H3,(H,15,16). The van der Waals surface area contributed by atoms with Crippen LogP contribution in [0.25, 0.3) is 0 Å². The van der Waals surface area contributed by atoms with Crippen molar-refractivity contribution in [2.45, 2.75) is 12.1 Å². The lowest BCUT2D eigenvalue weighted by molar-refractivity contribution is -0.153. The molecule has 6 nitrogen and oxygen atoms in total. The summed E-state index contributed by atoms with van der Waals surface area (Å²) in [4.78, 5) is 28.9. The van der Waals surface area contributed by atoms with Gasteiger partial charge in [-0.2, -0.15) is 0 Å². The van der Waals surface area contributed by atoms with Crippen LogP contribution in [-0.4, -0.2) is 54.7 Å². The second-order valence-corrected chi connectivity index (χ2v) is 4.62. The number of carbonyl (C=O) groups is 2. The lowest BCUT2D eigenvalue weighted by atomic mass is 10.1. The van der Waals surface area contributed by atoms with E-state index < -0.39 is 11.6 Å². The van der Waals surface area contributed by atoms with Crippen molar-refractivity contribution >= 4 is 17.7 Å². The molecule has 0 spiro atoms. The Morgan fingerprint density at radius 2 is 2.25 bits per heavy atom. The molecule has 1 aromatic heterocycles. The molecule has 0 radical (unpaired) electrons. The molecule has 7 heteroatoms. The van der Waals surface area contributed by atoms with Gasteiger partial charge in [-0.3, -0.25) is 4.79 Å². The first-order chi connectivity index (χ1) is 9.50. The fraction of sp³-hybridized carbons (Fsp3) is 0.462. The Bertz CT molecular complexity index is 520. The van der Waals surface area contributed by atoms with E-state index in [-0.39, 0.29) is 25.4 Å². The topological polar surface area (TPSA) is 71.5 Å². The molecule has 108 valence electrons. The predicted molar refractivity (Wildman–Crippen MR) is 70.2 cm³/mol. The molecule has 0 aromatic carbocycles. The summed E-state index contributed by atoms with van der Waals surface area (Å²) >= 11 is 0. The summed E-state index contributed by atoms with van der Waals surface area (Å²) < 4.78 is 18.7. The maximum absolute atomic E-state index is 14.3. The zero-order valence-corrected chi connectivity index (χ0v) is 11.4. The van der Waals surface area contributed by atoms with E-state index in [0.717, 1.165) is 7.11 Å². The molecule has 1 amide bonds. The number of pyridine rings is 1. The highest BCUT2D eigenvalue weighted by atomic mass is 19.1. The van der Waals surface area contributed by atoms with Gasteiger partial charge in [0, 0.05) is 26.2 Å². The van der Waals surface area contributed by atoms with Gasteiger partial charge in [0.25, 0.3) is 5.91 Å². The zero-order chi connectivity index (χ0) is 14.8.